The Morgan fingerprint density at radius 2 is 1.53 bits per heavy atom. The molecule has 2 aromatic rings. The van der Waals surface area contributed by atoms with Gasteiger partial charge >= 0.3 is 0 Å². The molecule has 0 saturated heterocycles. The predicted octanol–water partition coefficient (Wildman–Crippen LogP) is 3.68. The van der Waals surface area contributed by atoms with Crippen molar-refractivity contribution in [2.75, 3.05) is 6.38 Å². The third-order valence-electron chi connectivity index (χ3n) is 2.38. The van der Waals surface area contributed by atoms with Crippen LogP contribution >= 0.6 is 11.6 Å². The lowest BCUT2D eigenvalue weighted by Gasteiger charge is -2.01. The third-order valence-corrected chi connectivity index (χ3v) is 2.38. The summed E-state index contributed by atoms with van der Waals surface area (Å²) in [6, 6.07) is 14.5. The predicted molar refractivity (Wildman–Crippen MR) is 74.7 cm³/mol. The molecule has 0 unspecified atom stereocenters. The van der Waals surface area contributed by atoms with Crippen molar-refractivity contribution in [1.82, 2.24) is 0 Å². The Balaban J connectivity index is 0.000000861. The van der Waals surface area contributed by atoms with Gasteiger partial charge in [0, 0.05) is 18.0 Å². The van der Waals surface area contributed by atoms with Gasteiger partial charge in [-0.05, 0) is 6.07 Å². The maximum absolute atomic E-state index is 12.1. The lowest BCUT2D eigenvalue weighted by Crippen LogP contribution is -2.04. The molecule has 0 saturated carbocycles. The van der Waals surface area contributed by atoms with Crippen LogP contribution in [0.15, 0.2) is 54.6 Å². The highest BCUT2D eigenvalue weighted by atomic mass is 35.5. The number of para-hydroxylation sites is 1. The minimum Gasteiger partial charge on any atom is -0.288 e. The van der Waals surface area contributed by atoms with Crippen molar-refractivity contribution < 1.29 is 9.72 Å². The van der Waals surface area contributed by atoms with E-state index in [-0.39, 0.29) is 17.0 Å². The fourth-order valence-corrected chi connectivity index (χ4v) is 1.57. The molecule has 0 aromatic heterocycles. The first-order valence-corrected chi connectivity index (χ1v) is 6.16. The van der Waals surface area contributed by atoms with Crippen LogP contribution in [0.5, 0.6) is 0 Å². The third kappa shape index (κ3) is 3.63. The number of nitrogens with zero attached hydrogens (tertiary/aromatic N) is 1. The Kier molecular flexibility index (Phi) is 5.70. The highest BCUT2D eigenvalue weighted by molar-refractivity contribution is 6.15. The molecule has 0 aliphatic carbocycles. The van der Waals surface area contributed by atoms with Crippen molar-refractivity contribution in [2.24, 2.45) is 0 Å². The van der Waals surface area contributed by atoms with E-state index in [0.717, 1.165) is 0 Å². The maximum Gasteiger partial charge on any atom is 0.280 e. The topological polar surface area (TPSA) is 60.2 Å². The number of nitro groups is 1. The second-order valence-electron chi connectivity index (χ2n) is 3.47. The molecule has 2 rings (SSSR count). The molecule has 19 heavy (non-hydrogen) atoms. The molecule has 0 aliphatic heterocycles. The van der Waals surface area contributed by atoms with Crippen molar-refractivity contribution in [3.63, 3.8) is 0 Å². The summed E-state index contributed by atoms with van der Waals surface area (Å²) in [4.78, 5) is 22.3. The molecule has 0 radical (unpaired) electrons. The number of halogens is 1. The van der Waals surface area contributed by atoms with E-state index in [4.69, 9.17) is 0 Å². The molecule has 2 aromatic carbocycles. The van der Waals surface area contributed by atoms with Crippen LogP contribution < -0.4 is 0 Å². The van der Waals surface area contributed by atoms with Crippen LogP contribution in [-0.2, 0) is 0 Å². The fraction of sp³-hybridized carbons (Fsp3) is 0.0714. The van der Waals surface area contributed by atoms with Crippen LogP contribution in [-0.4, -0.2) is 17.1 Å². The zero-order valence-electron chi connectivity index (χ0n) is 10.2. The molecule has 0 spiro atoms. The molecule has 0 aliphatic rings. The molecule has 0 fully saturated rings. The molecule has 0 bridgehead atoms. The van der Waals surface area contributed by atoms with Crippen LogP contribution in [0.4, 0.5) is 5.69 Å². The molecule has 0 atom stereocenters. The highest BCUT2D eigenvalue weighted by Gasteiger charge is 2.19. The molecule has 0 amide bonds. The first-order chi connectivity index (χ1) is 9.20. The monoisotopic (exact) mass is 277 g/mol. The first-order valence-electron chi connectivity index (χ1n) is 5.41. The Hall–Kier alpha value is -2.20. The summed E-state index contributed by atoms with van der Waals surface area (Å²) in [5, 5.41) is 10.8. The van der Waals surface area contributed by atoms with Crippen LogP contribution in [0.2, 0.25) is 0 Å². The van der Waals surface area contributed by atoms with Gasteiger partial charge in [-0.3, -0.25) is 14.9 Å². The van der Waals surface area contributed by atoms with Gasteiger partial charge in [-0.2, -0.15) is 0 Å². The quantitative estimate of drug-likeness (QED) is 0.372. The van der Waals surface area contributed by atoms with E-state index in [2.05, 4.69) is 11.6 Å². The standard InChI is InChI=1S/C13H9NO3.CH3Cl/c15-13(10-6-2-1-3-7-10)11-8-4-5-9-12(11)14(16)17;1-2/h1-9H;1H3. The number of carbonyl (C=O) groups excluding carboxylic acids is 1. The number of hydrogen-bond donors (Lipinski definition) is 0. The number of benzene rings is 2. The Morgan fingerprint density at radius 3 is 2.11 bits per heavy atom. The number of hydrogen-bond acceptors (Lipinski definition) is 3. The summed E-state index contributed by atoms with van der Waals surface area (Å²) < 4.78 is 0. The Morgan fingerprint density at radius 1 is 1.00 bits per heavy atom. The summed E-state index contributed by atoms with van der Waals surface area (Å²) in [5.41, 5.74) is 0.395. The zero-order chi connectivity index (χ0) is 14.3. The van der Waals surface area contributed by atoms with E-state index >= 15 is 0 Å². The molecule has 4 nitrogen and oxygen atoms in total. The fourth-order valence-electron chi connectivity index (χ4n) is 1.57. The molecule has 0 N–H and O–H groups in total. The molecular formula is C14H12ClNO3. The Bertz CT molecular complexity index is 570. The van der Waals surface area contributed by atoms with Gasteiger partial charge < -0.3 is 0 Å². The van der Waals surface area contributed by atoms with Crippen molar-refractivity contribution >= 4 is 23.1 Å². The van der Waals surface area contributed by atoms with Gasteiger partial charge in [-0.1, -0.05) is 42.5 Å². The average Bonchev–Trinajstić information content (AvgIpc) is 2.49. The van der Waals surface area contributed by atoms with E-state index in [0.29, 0.717) is 5.56 Å². The molecular weight excluding hydrogens is 266 g/mol. The largest absolute Gasteiger partial charge is 0.288 e. The van der Waals surface area contributed by atoms with Crippen LogP contribution in [0.3, 0.4) is 0 Å². The van der Waals surface area contributed by atoms with Gasteiger partial charge in [0.25, 0.3) is 5.69 Å². The minimum absolute atomic E-state index is 0.115. The number of alkyl halides is 1. The maximum atomic E-state index is 12.1. The zero-order valence-corrected chi connectivity index (χ0v) is 11.0. The van der Waals surface area contributed by atoms with E-state index < -0.39 is 4.92 Å². The smallest absolute Gasteiger partial charge is 0.280 e. The highest BCUT2D eigenvalue weighted by Crippen LogP contribution is 2.20. The van der Waals surface area contributed by atoms with Gasteiger partial charge in [0.05, 0.1) is 4.92 Å². The lowest BCUT2D eigenvalue weighted by molar-refractivity contribution is -0.385. The lowest BCUT2D eigenvalue weighted by atomic mass is 10.0. The minimum atomic E-state index is -0.545. The van der Waals surface area contributed by atoms with Crippen LogP contribution in [0.1, 0.15) is 15.9 Å². The van der Waals surface area contributed by atoms with E-state index in [1.54, 1.807) is 42.5 Å². The Labute approximate surface area is 115 Å². The average molecular weight is 278 g/mol. The van der Waals surface area contributed by atoms with Crippen molar-refractivity contribution in [3.05, 3.63) is 75.8 Å². The second kappa shape index (κ2) is 7.28. The van der Waals surface area contributed by atoms with Gasteiger partial charge in [0.15, 0.2) is 5.78 Å². The van der Waals surface area contributed by atoms with Gasteiger partial charge in [0.2, 0.25) is 0 Å². The van der Waals surface area contributed by atoms with Gasteiger partial charge in [0.1, 0.15) is 5.56 Å². The SMILES string of the molecule is CCl.O=C(c1ccccc1)c1ccccc1[N+](=O)[O-]. The molecule has 0 heterocycles. The van der Waals surface area contributed by atoms with Crippen LogP contribution in [0, 0.1) is 10.1 Å². The molecule has 5 heteroatoms. The van der Waals surface area contributed by atoms with E-state index in [1.165, 1.54) is 18.5 Å². The summed E-state index contributed by atoms with van der Waals surface area (Å²) >= 11 is 4.64. The second-order valence-corrected chi connectivity index (χ2v) is 3.47. The number of nitro benzene ring substituents is 1. The van der Waals surface area contributed by atoms with Gasteiger partial charge in [-0.25, -0.2) is 0 Å². The number of carbonyl (C=O) groups is 1. The number of rotatable bonds is 3. The summed E-state index contributed by atoms with van der Waals surface area (Å²) in [7, 11) is 0. The summed E-state index contributed by atoms with van der Waals surface area (Å²) in [6.45, 7) is 0. The summed E-state index contributed by atoms with van der Waals surface area (Å²) in [5.74, 6) is -0.335. The normalized spacial score (nSPS) is 9.16. The van der Waals surface area contributed by atoms with E-state index in [9.17, 15) is 14.9 Å². The van der Waals surface area contributed by atoms with E-state index in [1.807, 2.05) is 0 Å². The van der Waals surface area contributed by atoms with Gasteiger partial charge in [-0.15, -0.1) is 11.6 Å². The van der Waals surface area contributed by atoms with Crippen molar-refractivity contribution in [2.45, 2.75) is 0 Å². The van der Waals surface area contributed by atoms with Crippen molar-refractivity contribution in [3.8, 4) is 0 Å². The number of ketones is 1. The molecule has 98 valence electrons. The van der Waals surface area contributed by atoms with Crippen molar-refractivity contribution in [1.29, 1.82) is 0 Å². The first kappa shape index (κ1) is 14.9. The van der Waals surface area contributed by atoms with Crippen LogP contribution in [0.25, 0.3) is 0 Å². The summed E-state index contributed by atoms with van der Waals surface area (Å²) in [6.07, 6.45) is 1.47.